The molecule has 11 heteroatoms. The highest BCUT2D eigenvalue weighted by molar-refractivity contribution is 5.87. The Morgan fingerprint density at radius 2 is 1.80 bits per heavy atom. The number of aromatic nitrogens is 3. The van der Waals surface area contributed by atoms with Gasteiger partial charge in [-0.1, -0.05) is 6.07 Å². The highest BCUT2D eigenvalue weighted by Crippen LogP contribution is 2.39. The van der Waals surface area contributed by atoms with E-state index >= 15 is 4.39 Å². The molecule has 0 radical (unpaired) electrons. The maximum absolute atomic E-state index is 15.1. The fraction of sp³-hybridized carbons (Fsp3) is 0.267. The van der Waals surface area contributed by atoms with E-state index in [0.29, 0.717) is 45.6 Å². The van der Waals surface area contributed by atoms with Crippen molar-refractivity contribution in [3.05, 3.63) is 78.0 Å². The molecular weight excluding hydrogens is 540 g/mol. The van der Waals surface area contributed by atoms with E-state index in [1.165, 1.54) is 19.5 Å². The number of halogens is 4. The molecule has 1 aliphatic rings. The highest BCUT2D eigenvalue weighted by atomic mass is 19.4. The molecule has 3 aromatic carbocycles. The van der Waals surface area contributed by atoms with Crippen LogP contribution in [-0.4, -0.2) is 34.7 Å². The minimum Gasteiger partial charge on any atom is -0.493 e. The summed E-state index contributed by atoms with van der Waals surface area (Å²) >= 11 is 0. The van der Waals surface area contributed by atoms with Crippen LogP contribution in [0.4, 0.5) is 23.2 Å². The van der Waals surface area contributed by atoms with Gasteiger partial charge in [0.05, 0.1) is 30.2 Å². The van der Waals surface area contributed by atoms with Gasteiger partial charge in [-0.25, -0.2) is 14.4 Å². The van der Waals surface area contributed by atoms with Crippen LogP contribution in [0, 0.1) is 18.7 Å². The summed E-state index contributed by atoms with van der Waals surface area (Å²) in [6.45, 7) is 2.25. The van der Waals surface area contributed by atoms with Crippen molar-refractivity contribution in [3.63, 3.8) is 0 Å². The van der Waals surface area contributed by atoms with Gasteiger partial charge in [-0.05, 0) is 68.1 Å². The zero-order chi connectivity index (χ0) is 28.7. The zero-order valence-corrected chi connectivity index (χ0v) is 22.2. The van der Waals surface area contributed by atoms with Crippen molar-refractivity contribution >= 4 is 27.5 Å². The number of aromatic amines is 1. The predicted molar refractivity (Wildman–Crippen MR) is 146 cm³/mol. The van der Waals surface area contributed by atoms with Crippen LogP contribution in [0.5, 0.6) is 23.1 Å². The van der Waals surface area contributed by atoms with Crippen LogP contribution in [0.25, 0.3) is 21.8 Å². The molecule has 0 saturated heterocycles. The van der Waals surface area contributed by atoms with Crippen molar-refractivity contribution in [1.29, 1.82) is 0 Å². The number of alkyl halides is 3. The first-order chi connectivity index (χ1) is 19.7. The Morgan fingerprint density at radius 1 is 0.976 bits per heavy atom. The molecule has 7 nitrogen and oxygen atoms in total. The van der Waals surface area contributed by atoms with E-state index in [1.54, 1.807) is 36.4 Å². The Kier molecular flexibility index (Phi) is 6.80. The van der Waals surface area contributed by atoms with Gasteiger partial charge in [-0.2, -0.15) is 13.2 Å². The molecule has 0 aliphatic heterocycles. The van der Waals surface area contributed by atoms with E-state index in [2.05, 4.69) is 20.3 Å². The zero-order valence-electron chi connectivity index (χ0n) is 22.2. The third-order valence-electron chi connectivity index (χ3n) is 7.20. The Balaban J connectivity index is 1.13. The summed E-state index contributed by atoms with van der Waals surface area (Å²) in [7, 11) is 1.51. The average Bonchev–Trinajstić information content (AvgIpc) is 3.32. The lowest BCUT2D eigenvalue weighted by Crippen LogP contribution is -2.38. The van der Waals surface area contributed by atoms with Gasteiger partial charge in [-0.3, -0.25) is 0 Å². The van der Waals surface area contributed by atoms with Crippen LogP contribution in [0.1, 0.15) is 24.1 Å². The van der Waals surface area contributed by atoms with Crippen LogP contribution in [0.3, 0.4) is 0 Å². The molecule has 0 bridgehead atoms. The molecule has 1 fully saturated rings. The van der Waals surface area contributed by atoms with Gasteiger partial charge < -0.3 is 24.5 Å². The van der Waals surface area contributed by atoms with E-state index in [4.69, 9.17) is 14.2 Å². The summed E-state index contributed by atoms with van der Waals surface area (Å²) < 4.78 is 71.6. The SMILES string of the molecule is COc1cc2c(Oc3ccc4[nH]c(C)cc4c3F)ncnc2cc1OCC1CC(Nc2cccc(C(F)(F)F)c2)C1. The van der Waals surface area contributed by atoms with E-state index in [-0.39, 0.29) is 23.6 Å². The van der Waals surface area contributed by atoms with Crippen LogP contribution >= 0.6 is 0 Å². The molecule has 0 unspecified atom stereocenters. The molecule has 212 valence electrons. The first-order valence-electron chi connectivity index (χ1n) is 13.0. The van der Waals surface area contributed by atoms with E-state index in [0.717, 1.165) is 30.7 Å². The lowest BCUT2D eigenvalue weighted by atomic mass is 9.80. The van der Waals surface area contributed by atoms with Gasteiger partial charge in [0.1, 0.15) is 6.33 Å². The van der Waals surface area contributed by atoms with Crippen molar-refractivity contribution in [2.24, 2.45) is 5.92 Å². The molecule has 2 N–H and O–H groups in total. The third kappa shape index (κ3) is 5.44. The van der Waals surface area contributed by atoms with E-state index in [9.17, 15) is 13.2 Å². The molecule has 2 aromatic heterocycles. The van der Waals surface area contributed by atoms with Gasteiger partial charge in [0.2, 0.25) is 5.88 Å². The minimum absolute atomic E-state index is 0.0362. The number of fused-ring (bicyclic) bond motifs is 2. The number of ether oxygens (including phenoxy) is 3. The van der Waals surface area contributed by atoms with Crippen molar-refractivity contribution in [2.45, 2.75) is 32.0 Å². The summed E-state index contributed by atoms with van der Waals surface area (Å²) in [5.41, 5.74) is 1.81. The van der Waals surface area contributed by atoms with Crippen molar-refractivity contribution < 1.29 is 31.8 Å². The molecule has 2 heterocycles. The molecule has 0 spiro atoms. The van der Waals surface area contributed by atoms with Gasteiger partial charge in [-0.15, -0.1) is 0 Å². The normalized spacial score (nSPS) is 16.9. The van der Waals surface area contributed by atoms with Crippen LogP contribution in [0.2, 0.25) is 0 Å². The second-order valence-electron chi connectivity index (χ2n) is 10.2. The predicted octanol–water partition coefficient (Wildman–Crippen LogP) is 7.65. The smallest absolute Gasteiger partial charge is 0.416 e. The fourth-order valence-corrected chi connectivity index (χ4v) is 5.08. The number of nitrogens with one attached hydrogen (secondary N) is 2. The molecule has 6 rings (SSSR count). The topological polar surface area (TPSA) is 81.3 Å². The number of benzene rings is 3. The number of nitrogens with zero attached hydrogens (tertiary/aromatic N) is 2. The highest BCUT2D eigenvalue weighted by Gasteiger charge is 2.32. The summed E-state index contributed by atoms with van der Waals surface area (Å²) in [6, 6.07) is 13.7. The fourth-order valence-electron chi connectivity index (χ4n) is 5.08. The summed E-state index contributed by atoms with van der Waals surface area (Å²) in [5, 5.41) is 4.12. The Hall–Kier alpha value is -4.54. The molecule has 41 heavy (non-hydrogen) atoms. The lowest BCUT2D eigenvalue weighted by molar-refractivity contribution is -0.137. The van der Waals surface area contributed by atoms with Crippen molar-refractivity contribution in [1.82, 2.24) is 15.0 Å². The molecule has 0 atom stereocenters. The Labute approximate surface area is 232 Å². The molecular formula is C30H26F4N4O3. The number of aryl methyl sites for hydroxylation is 1. The molecule has 1 aliphatic carbocycles. The van der Waals surface area contributed by atoms with Gasteiger partial charge in [0, 0.05) is 34.4 Å². The largest absolute Gasteiger partial charge is 0.493 e. The first-order valence-corrected chi connectivity index (χ1v) is 13.0. The quantitative estimate of drug-likeness (QED) is 0.188. The second-order valence-corrected chi connectivity index (χ2v) is 10.2. The van der Waals surface area contributed by atoms with Crippen LogP contribution in [-0.2, 0) is 6.18 Å². The summed E-state index contributed by atoms with van der Waals surface area (Å²) in [4.78, 5) is 11.6. The van der Waals surface area contributed by atoms with Crippen molar-refractivity contribution in [3.8, 4) is 23.1 Å². The number of H-pyrrole nitrogens is 1. The summed E-state index contributed by atoms with van der Waals surface area (Å²) in [5.74, 6) is 0.855. The minimum atomic E-state index is -4.38. The third-order valence-corrected chi connectivity index (χ3v) is 7.20. The molecule has 5 aromatic rings. The van der Waals surface area contributed by atoms with Crippen LogP contribution in [0.15, 0.2) is 60.9 Å². The van der Waals surface area contributed by atoms with E-state index in [1.807, 2.05) is 6.92 Å². The Bertz CT molecular complexity index is 1730. The number of anilines is 1. The monoisotopic (exact) mass is 566 g/mol. The number of rotatable bonds is 8. The first kappa shape index (κ1) is 26.7. The maximum atomic E-state index is 15.1. The molecule has 1 saturated carbocycles. The average molecular weight is 567 g/mol. The maximum Gasteiger partial charge on any atom is 0.416 e. The number of hydrogen-bond acceptors (Lipinski definition) is 6. The van der Waals surface area contributed by atoms with Crippen molar-refractivity contribution in [2.75, 3.05) is 19.0 Å². The van der Waals surface area contributed by atoms with E-state index < -0.39 is 17.6 Å². The number of methoxy groups -OCH3 is 1. The van der Waals surface area contributed by atoms with Gasteiger partial charge in [0.25, 0.3) is 0 Å². The van der Waals surface area contributed by atoms with Gasteiger partial charge in [0.15, 0.2) is 23.1 Å². The lowest BCUT2D eigenvalue weighted by Gasteiger charge is -2.36. The standard InChI is InChI=1S/C30H26F4N4O3/c1-16-8-21-23(37-16)6-7-25(28(21)31)41-29-22-12-26(39-2)27(13-24(22)35-15-36-29)40-14-17-9-20(10-17)38-19-5-3-4-18(11-19)30(32,33)34/h3-8,11-13,15,17,20,37-38H,9-10,14H2,1-2H3. The van der Waals surface area contributed by atoms with Crippen LogP contribution < -0.4 is 19.5 Å². The Morgan fingerprint density at radius 3 is 2.59 bits per heavy atom. The number of hydrogen-bond donors (Lipinski definition) is 2. The second kappa shape index (κ2) is 10.5. The molecule has 0 amide bonds. The van der Waals surface area contributed by atoms with Gasteiger partial charge >= 0.3 is 6.18 Å². The summed E-state index contributed by atoms with van der Waals surface area (Å²) in [6.07, 6.45) is -1.54.